The number of para-hydroxylation sites is 1. The molecule has 0 saturated heterocycles. The summed E-state index contributed by atoms with van der Waals surface area (Å²) in [6, 6.07) is 16.2. The molecule has 0 saturated carbocycles. The van der Waals surface area contributed by atoms with Crippen molar-refractivity contribution in [2.75, 3.05) is 17.3 Å². The lowest BCUT2D eigenvalue weighted by Crippen LogP contribution is -2.28. The van der Waals surface area contributed by atoms with Crippen molar-refractivity contribution in [1.82, 2.24) is 0 Å². The monoisotopic (exact) mass is 282 g/mol. The van der Waals surface area contributed by atoms with Gasteiger partial charge in [-0.25, -0.2) is 0 Å². The molecule has 21 heavy (non-hydrogen) atoms. The van der Waals surface area contributed by atoms with Crippen molar-refractivity contribution in [2.45, 2.75) is 26.8 Å². The van der Waals surface area contributed by atoms with Crippen LogP contribution < -0.4 is 10.2 Å². The first kappa shape index (κ1) is 15.1. The molecule has 2 aromatic carbocycles. The molecule has 0 spiro atoms. The summed E-state index contributed by atoms with van der Waals surface area (Å²) in [5, 5.41) is 3.20. The summed E-state index contributed by atoms with van der Waals surface area (Å²) in [6.07, 6.45) is 0.988. The lowest BCUT2D eigenvalue weighted by Gasteiger charge is -2.23. The summed E-state index contributed by atoms with van der Waals surface area (Å²) in [6.45, 7) is 4.32. The van der Waals surface area contributed by atoms with Crippen LogP contribution in [0.2, 0.25) is 0 Å². The van der Waals surface area contributed by atoms with E-state index in [9.17, 15) is 4.79 Å². The van der Waals surface area contributed by atoms with Gasteiger partial charge in [0.15, 0.2) is 0 Å². The van der Waals surface area contributed by atoms with E-state index in [2.05, 4.69) is 30.4 Å². The van der Waals surface area contributed by atoms with E-state index in [0.717, 1.165) is 23.4 Å². The molecule has 0 atom stereocenters. The molecule has 110 valence electrons. The molecule has 1 N–H and O–H groups in total. The first-order chi connectivity index (χ1) is 10.2. The number of rotatable bonds is 5. The quantitative estimate of drug-likeness (QED) is 0.903. The molecular weight excluding hydrogens is 260 g/mol. The van der Waals surface area contributed by atoms with Crippen LogP contribution in [0.25, 0.3) is 0 Å². The second kappa shape index (κ2) is 6.93. The highest BCUT2D eigenvalue weighted by molar-refractivity contribution is 5.91. The number of benzene rings is 2. The molecule has 1 amide bonds. The molecular formula is C18H22N2O. The van der Waals surface area contributed by atoms with Crippen LogP contribution in [0.15, 0.2) is 48.5 Å². The minimum Gasteiger partial charge on any atom is -0.388 e. The number of amides is 1. The third kappa shape index (κ3) is 3.63. The molecule has 0 aromatic heterocycles. The van der Waals surface area contributed by atoms with Gasteiger partial charge in [0.25, 0.3) is 0 Å². The van der Waals surface area contributed by atoms with Gasteiger partial charge in [-0.05, 0) is 35.7 Å². The highest BCUT2D eigenvalue weighted by Crippen LogP contribution is 2.23. The van der Waals surface area contributed by atoms with E-state index in [1.165, 1.54) is 5.56 Å². The van der Waals surface area contributed by atoms with E-state index in [4.69, 9.17) is 0 Å². The van der Waals surface area contributed by atoms with Crippen molar-refractivity contribution in [1.29, 1.82) is 0 Å². The summed E-state index contributed by atoms with van der Waals surface area (Å²) >= 11 is 0. The highest BCUT2D eigenvalue weighted by atomic mass is 16.2. The minimum atomic E-state index is 0.0464. The van der Waals surface area contributed by atoms with Crippen molar-refractivity contribution in [2.24, 2.45) is 0 Å². The number of hydrogen-bond donors (Lipinski definition) is 1. The van der Waals surface area contributed by atoms with Crippen molar-refractivity contribution < 1.29 is 4.79 Å². The molecule has 3 heteroatoms. The zero-order valence-electron chi connectivity index (χ0n) is 12.9. The van der Waals surface area contributed by atoms with E-state index in [-0.39, 0.29) is 5.91 Å². The summed E-state index contributed by atoms with van der Waals surface area (Å²) in [5.74, 6) is 0.0464. The Balaban J connectivity index is 2.35. The van der Waals surface area contributed by atoms with Crippen LogP contribution >= 0.6 is 0 Å². The maximum atomic E-state index is 12.0. The summed E-state index contributed by atoms with van der Waals surface area (Å²) in [7, 11) is 1.91. The average Bonchev–Trinajstić information content (AvgIpc) is 2.52. The summed E-state index contributed by atoms with van der Waals surface area (Å²) in [4.78, 5) is 13.8. The van der Waals surface area contributed by atoms with Crippen LogP contribution in [0.5, 0.6) is 0 Å². The van der Waals surface area contributed by atoms with E-state index >= 15 is 0 Å². The Morgan fingerprint density at radius 3 is 2.43 bits per heavy atom. The van der Waals surface area contributed by atoms with Gasteiger partial charge in [-0.2, -0.15) is 0 Å². The fourth-order valence-electron chi connectivity index (χ4n) is 2.40. The van der Waals surface area contributed by atoms with Crippen LogP contribution in [0.1, 0.15) is 25.0 Å². The van der Waals surface area contributed by atoms with E-state index < -0.39 is 0 Å². The summed E-state index contributed by atoms with van der Waals surface area (Å²) in [5.41, 5.74) is 4.40. The SMILES string of the molecule is CCc1ccc(NC)c(CN(C(C)=O)c2ccccc2)c1. The van der Waals surface area contributed by atoms with Crippen LogP contribution in [0.4, 0.5) is 11.4 Å². The van der Waals surface area contributed by atoms with Crippen molar-refractivity contribution in [3.8, 4) is 0 Å². The number of carbonyl (C=O) groups excluding carboxylic acids is 1. The average molecular weight is 282 g/mol. The third-order valence-corrected chi connectivity index (χ3v) is 3.62. The second-order valence-corrected chi connectivity index (χ2v) is 5.04. The van der Waals surface area contributed by atoms with Gasteiger partial charge in [0.2, 0.25) is 5.91 Å². The maximum absolute atomic E-state index is 12.0. The van der Waals surface area contributed by atoms with Crippen LogP contribution in [-0.2, 0) is 17.8 Å². The first-order valence-corrected chi connectivity index (χ1v) is 7.28. The molecule has 0 unspecified atom stereocenters. The largest absolute Gasteiger partial charge is 0.388 e. The maximum Gasteiger partial charge on any atom is 0.224 e. The molecule has 2 aromatic rings. The van der Waals surface area contributed by atoms with Crippen LogP contribution in [0.3, 0.4) is 0 Å². The van der Waals surface area contributed by atoms with E-state index in [0.29, 0.717) is 6.54 Å². The second-order valence-electron chi connectivity index (χ2n) is 5.04. The Bertz CT molecular complexity index is 608. The van der Waals surface area contributed by atoms with E-state index in [1.54, 1.807) is 11.8 Å². The normalized spacial score (nSPS) is 10.2. The van der Waals surface area contributed by atoms with Gasteiger partial charge < -0.3 is 10.2 Å². The number of anilines is 2. The predicted molar refractivity (Wildman–Crippen MR) is 88.7 cm³/mol. The molecule has 0 aliphatic carbocycles. The predicted octanol–water partition coefficient (Wildman–Crippen LogP) is 3.84. The van der Waals surface area contributed by atoms with Gasteiger partial charge in [0.1, 0.15) is 0 Å². The number of aryl methyl sites for hydroxylation is 1. The van der Waals surface area contributed by atoms with Crippen molar-refractivity contribution >= 4 is 17.3 Å². The Hall–Kier alpha value is -2.29. The minimum absolute atomic E-state index is 0.0464. The molecule has 3 nitrogen and oxygen atoms in total. The molecule has 0 radical (unpaired) electrons. The molecule has 0 heterocycles. The Labute approximate surface area is 126 Å². The molecule has 0 aliphatic rings. The van der Waals surface area contributed by atoms with Gasteiger partial charge in [-0.15, -0.1) is 0 Å². The Morgan fingerprint density at radius 2 is 1.86 bits per heavy atom. The van der Waals surface area contributed by atoms with Gasteiger partial charge in [-0.1, -0.05) is 37.3 Å². The highest BCUT2D eigenvalue weighted by Gasteiger charge is 2.14. The van der Waals surface area contributed by atoms with Crippen molar-refractivity contribution in [3.63, 3.8) is 0 Å². The van der Waals surface area contributed by atoms with Crippen LogP contribution in [0, 0.1) is 0 Å². The molecule has 2 rings (SSSR count). The number of carbonyl (C=O) groups is 1. The van der Waals surface area contributed by atoms with Crippen molar-refractivity contribution in [3.05, 3.63) is 59.7 Å². The Morgan fingerprint density at radius 1 is 1.14 bits per heavy atom. The smallest absolute Gasteiger partial charge is 0.224 e. The lowest BCUT2D eigenvalue weighted by molar-refractivity contribution is -0.116. The topological polar surface area (TPSA) is 32.3 Å². The first-order valence-electron chi connectivity index (χ1n) is 7.28. The molecule has 0 bridgehead atoms. The van der Waals surface area contributed by atoms with Gasteiger partial charge in [0, 0.05) is 25.3 Å². The number of nitrogens with zero attached hydrogens (tertiary/aromatic N) is 1. The lowest BCUT2D eigenvalue weighted by atomic mass is 10.1. The summed E-state index contributed by atoms with van der Waals surface area (Å²) < 4.78 is 0. The van der Waals surface area contributed by atoms with Gasteiger partial charge >= 0.3 is 0 Å². The fourth-order valence-corrected chi connectivity index (χ4v) is 2.40. The third-order valence-electron chi connectivity index (χ3n) is 3.62. The Kier molecular flexibility index (Phi) is 4.99. The molecule has 0 fully saturated rings. The number of hydrogen-bond acceptors (Lipinski definition) is 2. The molecule has 0 aliphatic heterocycles. The standard InChI is InChI=1S/C18H22N2O/c1-4-15-10-11-18(19-3)16(12-15)13-20(14(2)21)17-8-6-5-7-9-17/h5-12,19H,4,13H2,1-3H3. The van der Waals surface area contributed by atoms with E-state index in [1.807, 2.05) is 37.4 Å². The number of nitrogens with one attached hydrogen (secondary N) is 1. The zero-order chi connectivity index (χ0) is 15.2. The van der Waals surface area contributed by atoms with Gasteiger partial charge in [-0.3, -0.25) is 4.79 Å². The van der Waals surface area contributed by atoms with Crippen LogP contribution in [-0.4, -0.2) is 13.0 Å². The van der Waals surface area contributed by atoms with Gasteiger partial charge in [0.05, 0.1) is 6.54 Å². The zero-order valence-corrected chi connectivity index (χ0v) is 12.9. The fraction of sp³-hybridized carbons (Fsp3) is 0.278.